The van der Waals surface area contributed by atoms with E-state index < -0.39 is 11.9 Å². The normalized spacial score (nSPS) is 14.8. The van der Waals surface area contributed by atoms with Crippen LogP contribution < -0.4 is 5.32 Å². The van der Waals surface area contributed by atoms with Gasteiger partial charge in [-0.15, -0.1) is 0 Å². The highest BCUT2D eigenvalue weighted by Gasteiger charge is 2.35. The molecule has 0 radical (unpaired) electrons. The van der Waals surface area contributed by atoms with Gasteiger partial charge in [0.15, 0.2) is 5.69 Å². The summed E-state index contributed by atoms with van der Waals surface area (Å²) in [4.78, 5) is 29.0. The van der Waals surface area contributed by atoms with Gasteiger partial charge in [-0.05, 0) is 42.4 Å². The highest BCUT2D eigenvalue weighted by Crippen LogP contribution is 2.33. The lowest BCUT2D eigenvalue weighted by molar-refractivity contribution is -0.126. The molecule has 2 amide bonds. The molecular weight excluding hydrogens is 477 g/mol. The molecule has 1 N–H and O–H groups in total. The lowest BCUT2D eigenvalue weighted by Crippen LogP contribution is -2.46. The van der Waals surface area contributed by atoms with Gasteiger partial charge in [-0.25, -0.2) is 0 Å². The van der Waals surface area contributed by atoms with Crippen LogP contribution in [-0.2, 0) is 11.3 Å². The molecule has 4 rings (SSSR count). The van der Waals surface area contributed by atoms with Gasteiger partial charge in [-0.2, -0.15) is 4.37 Å². The van der Waals surface area contributed by atoms with Crippen molar-refractivity contribution in [1.82, 2.24) is 14.6 Å². The van der Waals surface area contributed by atoms with Gasteiger partial charge in [0.1, 0.15) is 15.4 Å². The van der Waals surface area contributed by atoms with Crippen molar-refractivity contribution < 1.29 is 9.59 Å². The Balaban J connectivity index is 1.76. The molecular formula is C25H25Cl2N3O2S. The Bertz CT molecular complexity index is 1110. The van der Waals surface area contributed by atoms with Crippen molar-refractivity contribution in [2.45, 2.75) is 51.2 Å². The number of rotatable bonds is 7. The second-order valence-electron chi connectivity index (χ2n) is 8.34. The lowest BCUT2D eigenvalue weighted by atomic mass is 10.0. The van der Waals surface area contributed by atoms with Gasteiger partial charge in [-0.1, -0.05) is 96.2 Å². The Kier molecular flexibility index (Phi) is 7.68. The molecule has 33 heavy (non-hydrogen) atoms. The van der Waals surface area contributed by atoms with Crippen molar-refractivity contribution in [1.29, 1.82) is 0 Å². The average molecular weight is 502 g/mol. The number of halogens is 2. The summed E-state index contributed by atoms with van der Waals surface area (Å²) in [7, 11) is 0. The van der Waals surface area contributed by atoms with E-state index in [1.165, 1.54) is 0 Å². The Morgan fingerprint density at radius 1 is 1.09 bits per heavy atom. The van der Waals surface area contributed by atoms with Crippen molar-refractivity contribution in [2.24, 2.45) is 0 Å². The van der Waals surface area contributed by atoms with Gasteiger partial charge >= 0.3 is 0 Å². The summed E-state index contributed by atoms with van der Waals surface area (Å²) in [5, 5.41) is 3.29. The standard InChI is InChI=1S/C25H25Cl2N3O2S/c1-16-11-13-18(14-12-16)22(24(31)28-19-9-5-6-10-19)30(15-17-7-3-2-4-8-17)25(32)21-20(26)23(27)33-29-21/h2-4,7-8,11-14,19,22H,5-6,9-10,15H2,1H3,(H,28,31). The van der Waals surface area contributed by atoms with Gasteiger partial charge in [0.05, 0.1) is 0 Å². The van der Waals surface area contributed by atoms with Crippen LogP contribution in [0.5, 0.6) is 0 Å². The predicted octanol–water partition coefficient (Wildman–Crippen LogP) is 6.20. The number of carbonyl (C=O) groups excluding carboxylic acids is 2. The van der Waals surface area contributed by atoms with E-state index in [1.807, 2.05) is 61.5 Å². The first-order valence-electron chi connectivity index (χ1n) is 11.0. The fourth-order valence-corrected chi connectivity index (χ4v) is 5.15. The third-order valence-corrected chi connectivity index (χ3v) is 7.52. The zero-order chi connectivity index (χ0) is 23.4. The molecule has 3 aromatic rings. The molecule has 1 heterocycles. The van der Waals surface area contributed by atoms with E-state index in [0.29, 0.717) is 0 Å². The van der Waals surface area contributed by atoms with Crippen LogP contribution in [0.2, 0.25) is 9.36 Å². The molecule has 0 saturated heterocycles. The summed E-state index contributed by atoms with van der Waals surface area (Å²) >= 11 is 13.4. The van der Waals surface area contributed by atoms with E-state index in [-0.39, 0.29) is 33.5 Å². The van der Waals surface area contributed by atoms with Crippen LogP contribution in [0.25, 0.3) is 0 Å². The summed E-state index contributed by atoms with van der Waals surface area (Å²) in [5.41, 5.74) is 2.77. The number of hydrogen-bond acceptors (Lipinski definition) is 4. The van der Waals surface area contributed by atoms with Crippen molar-refractivity contribution in [3.05, 3.63) is 86.3 Å². The Morgan fingerprint density at radius 2 is 1.76 bits per heavy atom. The van der Waals surface area contributed by atoms with Crippen molar-refractivity contribution in [3.63, 3.8) is 0 Å². The number of nitrogens with zero attached hydrogens (tertiary/aromatic N) is 2. The van der Waals surface area contributed by atoms with E-state index >= 15 is 0 Å². The van der Waals surface area contributed by atoms with Crippen LogP contribution in [0.3, 0.4) is 0 Å². The zero-order valence-corrected chi connectivity index (χ0v) is 20.6. The van der Waals surface area contributed by atoms with E-state index in [0.717, 1.165) is 53.9 Å². The molecule has 0 bridgehead atoms. The first-order chi connectivity index (χ1) is 15.9. The molecule has 0 spiro atoms. The summed E-state index contributed by atoms with van der Waals surface area (Å²) in [6.07, 6.45) is 4.10. The molecule has 172 valence electrons. The maximum absolute atomic E-state index is 13.8. The average Bonchev–Trinajstić information content (AvgIpc) is 3.44. The number of aromatic nitrogens is 1. The highest BCUT2D eigenvalue weighted by molar-refractivity contribution is 7.11. The van der Waals surface area contributed by atoms with Crippen molar-refractivity contribution in [2.75, 3.05) is 0 Å². The van der Waals surface area contributed by atoms with Gasteiger partial charge in [-0.3, -0.25) is 9.59 Å². The molecule has 8 heteroatoms. The summed E-state index contributed by atoms with van der Waals surface area (Å²) < 4.78 is 4.44. The molecule has 1 saturated carbocycles. The minimum atomic E-state index is -0.838. The first kappa shape index (κ1) is 23.7. The van der Waals surface area contributed by atoms with E-state index in [2.05, 4.69) is 9.69 Å². The molecule has 1 atom stereocenters. The molecule has 1 aromatic heterocycles. The SMILES string of the molecule is Cc1ccc(C(C(=O)NC2CCCC2)N(Cc2ccccc2)C(=O)c2nsc(Cl)c2Cl)cc1. The summed E-state index contributed by atoms with van der Waals surface area (Å²) in [6, 6.07) is 16.6. The summed E-state index contributed by atoms with van der Waals surface area (Å²) in [5.74, 6) is -0.633. The number of nitrogens with one attached hydrogen (secondary N) is 1. The lowest BCUT2D eigenvalue weighted by Gasteiger charge is -2.32. The van der Waals surface area contributed by atoms with Crippen LogP contribution in [0, 0.1) is 6.92 Å². The maximum Gasteiger partial charge on any atom is 0.276 e. The molecule has 5 nitrogen and oxygen atoms in total. The van der Waals surface area contributed by atoms with Gasteiger partial charge in [0.25, 0.3) is 5.91 Å². The van der Waals surface area contributed by atoms with Crippen LogP contribution in [0.4, 0.5) is 0 Å². The molecule has 1 aliphatic carbocycles. The van der Waals surface area contributed by atoms with Crippen LogP contribution in [0.15, 0.2) is 54.6 Å². The predicted molar refractivity (Wildman–Crippen MR) is 133 cm³/mol. The van der Waals surface area contributed by atoms with E-state index in [9.17, 15) is 9.59 Å². The largest absolute Gasteiger partial charge is 0.351 e. The first-order valence-corrected chi connectivity index (χ1v) is 12.5. The number of amides is 2. The molecule has 1 aliphatic rings. The molecule has 2 aromatic carbocycles. The topological polar surface area (TPSA) is 62.3 Å². The Hall–Kier alpha value is -2.41. The number of aryl methyl sites for hydroxylation is 1. The molecule has 0 aliphatic heterocycles. The number of benzene rings is 2. The third-order valence-electron chi connectivity index (χ3n) is 5.91. The summed E-state index contributed by atoms with van der Waals surface area (Å²) in [6.45, 7) is 2.21. The van der Waals surface area contributed by atoms with Crippen LogP contribution in [-0.4, -0.2) is 27.1 Å². The number of hydrogen-bond donors (Lipinski definition) is 1. The van der Waals surface area contributed by atoms with Crippen molar-refractivity contribution >= 4 is 46.5 Å². The minimum Gasteiger partial charge on any atom is -0.351 e. The minimum absolute atomic E-state index is 0.0633. The van der Waals surface area contributed by atoms with Crippen molar-refractivity contribution in [3.8, 4) is 0 Å². The quantitative estimate of drug-likeness (QED) is 0.419. The molecule has 1 fully saturated rings. The fourth-order valence-electron chi connectivity index (χ4n) is 4.16. The van der Waals surface area contributed by atoms with E-state index in [1.54, 1.807) is 4.90 Å². The highest BCUT2D eigenvalue weighted by atomic mass is 35.5. The third kappa shape index (κ3) is 5.57. The Morgan fingerprint density at radius 3 is 2.36 bits per heavy atom. The fraction of sp³-hybridized carbons (Fsp3) is 0.320. The monoisotopic (exact) mass is 501 g/mol. The maximum atomic E-state index is 13.8. The molecule has 1 unspecified atom stereocenters. The van der Waals surface area contributed by atoms with Gasteiger partial charge in [0, 0.05) is 12.6 Å². The van der Waals surface area contributed by atoms with E-state index in [4.69, 9.17) is 23.2 Å². The zero-order valence-electron chi connectivity index (χ0n) is 18.3. The second kappa shape index (κ2) is 10.7. The van der Waals surface area contributed by atoms with Crippen LogP contribution >= 0.6 is 34.7 Å². The second-order valence-corrected chi connectivity index (χ2v) is 10.1. The number of carbonyl (C=O) groups is 2. The van der Waals surface area contributed by atoms with Gasteiger partial charge in [0.2, 0.25) is 5.91 Å². The smallest absolute Gasteiger partial charge is 0.276 e. The van der Waals surface area contributed by atoms with Crippen LogP contribution in [0.1, 0.15) is 58.9 Å². The van der Waals surface area contributed by atoms with Gasteiger partial charge < -0.3 is 10.2 Å². The Labute approximate surface area is 207 Å².